The Kier molecular flexibility index (Phi) is 5.19. The molecular weight excluding hydrogens is 334 g/mol. The fraction of sp³-hybridized carbons (Fsp3) is 0.778. The number of fused-ring (bicyclic) bond motifs is 3. The average Bonchev–Trinajstić information content (AvgIpc) is 2.99. The number of rotatable bonds is 3. The van der Waals surface area contributed by atoms with Gasteiger partial charge in [-0.2, -0.15) is 0 Å². The van der Waals surface area contributed by atoms with Crippen molar-refractivity contribution >= 4 is 11.8 Å². The van der Waals surface area contributed by atoms with Crippen molar-refractivity contribution in [1.82, 2.24) is 24.8 Å². The van der Waals surface area contributed by atoms with Gasteiger partial charge in [0.2, 0.25) is 11.8 Å². The molecule has 8 heteroatoms. The Morgan fingerprint density at radius 1 is 1.04 bits per heavy atom. The average molecular weight is 361 g/mol. The summed E-state index contributed by atoms with van der Waals surface area (Å²) in [5.74, 6) is 0.177. The quantitative estimate of drug-likeness (QED) is 0.806. The number of carbonyl (C=O) groups excluding carboxylic acids is 2. The van der Waals surface area contributed by atoms with Crippen LogP contribution < -0.4 is 0 Å². The topological polar surface area (TPSA) is 80.6 Å². The van der Waals surface area contributed by atoms with E-state index in [-0.39, 0.29) is 24.0 Å². The Morgan fingerprint density at radius 3 is 2.54 bits per heavy atom. The molecule has 0 N–H and O–H groups in total. The highest BCUT2D eigenvalue weighted by atomic mass is 16.5. The van der Waals surface area contributed by atoms with Crippen LogP contribution in [0.25, 0.3) is 0 Å². The smallest absolute Gasteiger partial charge is 0.223 e. The van der Waals surface area contributed by atoms with Gasteiger partial charge >= 0.3 is 0 Å². The van der Waals surface area contributed by atoms with Gasteiger partial charge in [0.05, 0.1) is 30.6 Å². The zero-order chi connectivity index (χ0) is 17.9. The SMILES string of the molecule is O=C(CCC(=O)N1CC[C@H]2[C@H](C1)OCc1cnnn12)N1CCCCCC1. The van der Waals surface area contributed by atoms with Crippen molar-refractivity contribution in [2.24, 2.45) is 0 Å². The molecule has 4 rings (SSSR count). The molecule has 2 saturated heterocycles. The fourth-order valence-corrected chi connectivity index (χ4v) is 4.26. The highest BCUT2D eigenvalue weighted by molar-refractivity contribution is 5.84. The number of carbonyl (C=O) groups is 2. The maximum Gasteiger partial charge on any atom is 0.223 e. The first-order valence-corrected chi connectivity index (χ1v) is 9.78. The van der Waals surface area contributed by atoms with Crippen LogP contribution in [0.5, 0.6) is 0 Å². The molecule has 1 aromatic rings. The Bertz CT molecular complexity index is 653. The number of hydrogen-bond acceptors (Lipinski definition) is 5. The van der Waals surface area contributed by atoms with E-state index in [1.54, 1.807) is 6.20 Å². The van der Waals surface area contributed by atoms with Crippen molar-refractivity contribution in [3.8, 4) is 0 Å². The molecule has 0 unspecified atom stereocenters. The third kappa shape index (κ3) is 3.60. The van der Waals surface area contributed by atoms with E-state index >= 15 is 0 Å². The van der Waals surface area contributed by atoms with Crippen molar-refractivity contribution in [1.29, 1.82) is 0 Å². The third-order valence-electron chi connectivity index (χ3n) is 5.80. The van der Waals surface area contributed by atoms with Crippen LogP contribution in [0.2, 0.25) is 0 Å². The van der Waals surface area contributed by atoms with E-state index in [0.717, 1.165) is 38.0 Å². The molecule has 3 aliphatic heterocycles. The lowest BCUT2D eigenvalue weighted by Crippen LogP contribution is -2.50. The van der Waals surface area contributed by atoms with Gasteiger partial charge in [-0.25, -0.2) is 4.68 Å². The molecule has 4 heterocycles. The van der Waals surface area contributed by atoms with Gasteiger partial charge in [-0.15, -0.1) is 5.10 Å². The summed E-state index contributed by atoms with van der Waals surface area (Å²) >= 11 is 0. The fourth-order valence-electron chi connectivity index (χ4n) is 4.26. The number of likely N-dealkylation sites (tertiary alicyclic amines) is 2. The van der Waals surface area contributed by atoms with E-state index in [1.165, 1.54) is 12.8 Å². The van der Waals surface area contributed by atoms with Crippen molar-refractivity contribution in [3.63, 3.8) is 0 Å². The van der Waals surface area contributed by atoms with Gasteiger partial charge in [0, 0.05) is 39.0 Å². The van der Waals surface area contributed by atoms with Gasteiger partial charge in [-0.05, 0) is 19.3 Å². The van der Waals surface area contributed by atoms with Gasteiger partial charge in [-0.3, -0.25) is 9.59 Å². The van der Waals surface area contributed by atoms with Gasteiger partial charge in [0.15, 0.2) is 0 Å². The minimum absolute atomic E-state index is 0.0387. The van der Waals surface area contributed by atoms with Gasteiger partial charge in [0.25, 0.3) is 0 Å². The summed E-state index contributed by atoms with van der Waals surface area (Å²) < 4.78 is 7.86. The molecule has 0 aromatic carbocycles. The minimum atomic E-state index is -0.0387. The molecule has 0 bridgehead atoms. The van der Waals surface area contributed by atoms with Crippen LogP contribution in [0.1, 0.15) is 56.7 Å². The Labute approximate surface area is 153 Å². The second-order valence-electron chi connectivity index (χ2n) is 7.51. The molecule has 142 valence electrons. The highest BCUT2D eigenvalue weighted by Crippen LogP contribution is 2.30. The number of amides is 2. The summed E-state index contributed by atoms with van der Waals surface area (Å²) in [5.41, 5.74) is 0.995. The Balaban J connectivity index is 1.28. The van der Waals surface area contributed by atoms with E-state index in [4.69, 9.17) is 4.74 Å². The number of nitrogens with zero attached hydrogens (tertiary/aromatic N) is 5. The number of aromatic nitrogens is 3. The molecular formula is C18H27N5O3. The van der Waals surface area contributed by atoms with E-state index in [2.05, 4.69) is 10.3 Å². The van der Waals surface area contributed by atoms with Gasteiger partial charge in [-0.1, -0.05) is 18.1 Å². The third-order valence-corrected chi connectivity index (χ3v) is 5.80. The zero-order valence-corrected chi connectivity index (χ0v) is 15.2. The molecule has 1 aromatic heterocycles. The lowest BCUT2D eigenvalue weighted by molar-refractivity contribution is -0.142. The molecule has 3 aliphatic rings. The lowest BCUT2D eigenvalue weighted by Gasteiger charge is -2.41. The summed E-state index contributed by atoms with van der Waals surface area (Å²) in [4.78, 5) is 28.8. The molecule has 8 nitrogen and oxygen atoms in total. The van der Waals surface area contributed by atoms with Crippen LogP contribution in [0.4, 0.5) is 0 Å². The summed E-state index contributed by atoms with van der Waals surface area (Å²) in [6.07, 6.45) is 7.68. The van der Waals surface area contributed by atoms with Crippen molar-refractivity contribution in [3.05, 3.63) is 11.9 Å². The molecule has 2 fully saturated rings. The Hall–Kier alpha value is -1.96. The van der Waals surface area contributed by atoms with Crippen LogP contribution in [-0.4, -0.2) is 68.9 Å². The second kappa shape index (κ2) is 7.73. The van der Waals surface area contributed by atoms with Gasteiger partial charge < -0.3 is 14.5 Å². The predicted molar refractivity (Wildman–Crippen MR) is 93.1 cm³/mol. The highest BCUT2D eigenvalue weighted by Gasteiger charge is 2.37. The van der Waals surface area contributed by atoms with Crippen LogP contribution >= 0.6 is 0 Å². The Morgan fingerprint density at radius 2 is 1.77 bits per heavy atom. The van der Waals surface area contributed by atoms with E-state index in [1.807, 2.05) is 14.5 Å². The molecule has 0 spiro atoms. The lowest BCUT2D eigenvalue weighted by atomic mass is 9.99. The molecule has 0 saturated carbocycles. The summed E-state index contributed by atoms with van der Waals surface area (Å²) in [5, 5.41) is 8.12. The molecule has 2 amide bonds. The summed E-state index contributed by atoms with van der Waals surface area (Å²) in [6, 6.07) is 0.157. The van der Waals surface area contributed by atoms with E-state index < -0.39 is 0 Å². The van der Waals surface area contributed by atoms with E-state index in [0.29, 0.717) is 32.5 Å². The molecule has 0 radical (unpaired) electrons. The molecule has 26 heavy (non-hydrogen) atoms. The van der Waals surface area contributed by atoms with Crippen molar-refractivity contribution < 1.29 is 14.3 Å². The maximum atomic E-state index is 12.6. The summed E-state index contributed by atoms with van der Waals surface area (Å²) in [6.45, 7) is 3.42. The number of piperidine rings is 1. The first-order valence-electron chi connectivity index (χ1n) is 9.78. The summed E-state index contributed by atoms with van der Waals surface area (Å²) in [7, 11) is 0. The number of hydrogen-bond donors (Lipinski definition) is 0. The normalized spacial score (nSPS) is 26.0. The zero-order valence-electron chi connectivity index (χ0n) is 15.2. The maximum absolute atomic E-state index is 12.6. The van der Waals surface area contributed by atoms with Gasteiger partial charge in [0.1, 0.15) is 0 Å². The van der Waals surface area contributed by atoms with Crippen molar-refractivity contribution in [2.75, 3.05) is 26.2 Å². The second-order valence-corrected chi connectivity index (χ2v) is 7.51. The largest absolute Gasteiger partial charge is 0.368 e. The molecule has 0 aliphatic carbocycles. The first-order chi connectivity index (χ1) is 12.7. The monoisotopic (exact) mass is 361 g/mol. The number of ether oxygens (including phenoxy) is 1. The minimum Gasteiger partial charge on any atom is -0.368 e. The van der Waals surface area contributed by atoms with Crippen molar-refractivity contribution in [2.45, 2.75) is 63.7 Å². The predicted octanol–water partition coefficient (Wildman–Crippen LogP) is 1.13. The first kappa shape index (κ1) is 17.5. The van der Waals surface area contributed by atoms with Crippen LogP contribution in [-0.2, 0) is 20.9 Å². The van der Waals surface area contributed by atoms with Crippen LogP contribution in [0.15, 0.2) is 6.20 Å². The van der Waals surface area contributed by atoms with Crippen LogP contribution in [0, 0.1) is 0 Å². The van der Waals surface area contributed by atoms with E-state index in [9.17, 15) is 9.59 Å². The molecule has 2 atom stereocenters. The standard InChI is InChI=1S/C18H27N5O3/c24-17(21-8-3-1-2-4-9-21)5-6-18(25)22-10-7-15-16(12-22)26-13-14-11-19-20-23(14)15/h11,15-16H,1-10,12-13H2/t15-,16-/m0/s1. The van der Waals surface area contributed by atoms with Crippen LogP contribution in [0.3, 0.4) is 0 Å².